The van der Waals surface area contributed by atoms with Crippen molar-refractivity contribution in [2.45, 2.75) is 45.6 Å². The molecule has 0 spiro atoms. The predicted molar refractivity (Wildman–Crippen MR) is 83.6 cm³/mol. The molecule has 1 fully saturated rings. The summed E-state index contributed by atoms with van der Waals surface area (Å²) in [4.78, 5) is 0. The number of rotatable bonds is 5. The van der Waals surface area contributed by atoms with Crippen LogP contribution in [0.15, 0.2) is 30.1 Å². The van der Waals surface area contributed by atoms with Crippen molar-refractivity contribution in [3.63, 3.8) is 0 Å². The Morgan fingerprint density at radius 1 is 1.43 bits per heavy atom. The standard InChI is InChI=1S/C17H23N3O/c1-13(10-18)4-5-14(2)15(3)16-11-19-20(12-16)17-6-8-21-9-7-17/h11-12,17H,1,4-9H2,2-3H3/b15-14-. The lowest BCUT2D eigenvalue weighted by atomic mass is 10.00. The van der Waals surface area contributed by atoms with Crippen LogP contribution in [-0.4, -0.2) is 23.0 Å². The fourth-order valence-corrected chi connectivity index (χ4v) is 2.51. The van der Waals surface area contributed by atoms with Gasteiger partial charge in [-0.2, -0.15) is 10.4 Å². The van der Waals surface area contributed by atoms with Gasteiger partial charge >= 0.3 is 0 Å². The van der Waals surface area contributed by atoms with Crippen LogP contribution < -0.4 is 0 Å². The Morgan fingerprint density at radius 3 is 2.81 bits per heavy atom. The molecule has 4 heteroatoms. The Bertz CT molecular complexity index is 571. The molecule has 2 heterocycles. The zero-order valence-corrected chi connectivity index (χ0v) is 12.9. The number of allylic oxidation sites excluding steroid dienone is 3. The Kier molecular flexibility index (Phi) is 5.35. The van der Waals surface area contributed by atoms with Gasteiger partial charge in [0.1, 0.15) is 0 Å². The van der Waals surface area contributed by atoms with Crippen LogP contribution in [0.1, 0.15) is 51.1 Å². The Morgan fingerprint density at radius 2 is 2.14 bits per heavy atom. The van der Waals surface area contributed by atoms with Crippen LogP contribution in [0.4, 0.5) is 0 Å². The van der Waals surface area contributed by atoms with Crippen LogP contribution in [0.3, 0.4) is 0 Å². The third-order valence-corrected chi connectivity index (χ3v) is 4.20. The molecule has 0 bridgehead atoms. The zero-order valence-electron chi connectivity index (χ0n) is 12.9. The third-order valence-electron chi connectivity index (χ3n) is 4.20. The third kappa shape index (κ3) is 4.05. The van der Waals surface area contributed by atoms with Crippen LogP contribution in [-0.2, 0) is 4.74 Å². The highest BCUT2D eigenvalue weighted by atomic mass is 16.5. The van der Waals surface area contributed by atoms with E-state index in [1.165, 1.54) is 16.7 Å². The van der Waals surface area contributed by atoms with E-state index in [9.17, 15) is 0 Å². The van der Waals surface area contributed by atoms with Gasteiger partial charge in [-0.05, 0) is 45.1 Å². The summed E-state index contributed by atoms with van der Waals surface area (Å²) >= 11 is 0. The number of nitrogens with zero attached hydrogens (tertiary/aromatic N) is 3. The van der Waals surface area contributed by atoms with Gasteiger partial charge < -0.3 is 4.74 Å². The topological polar surface area (TPSA) is 50.8 Å². The van der Waals surface area contributed by atoms with E-state index in [0.29, 0.717) is 11.6 Å². The first-order chi connectivity index (χ1) is 10.1. The van der Waals surface area contributed by atoms with E-state index in [4.69, 9.17) is 10.00 Å². The zero-order chi connectivity index (χ0) is 15.2. The van der Waals surface area contributed by atoms with Gasteiger partial charge in [-0.1, -0.05) is 12.2 Å². The summed E-state index contributed by atoms with van der Waals surface area (Å²) in [6.45, 7) is 9.61. The predicted octanol–water partition coefficient (Wildman–Crippen LogP) is 3.89. The molecule has 21 heavy (non-hydrogen) atoms. The minimum atomic E-state index is 0.457. The average molecular weight is 285 g/mol. The van der Waals surface area contributed by atoms with E-state index in [1.807, 2.05) is 6.20 Å². The second-order valence-corrected chi connectivity index (χ2v) is 5.67. The molecule has 0 saturated carbocycles. The lowest BCUT2D eigenvalue weighted by Gasteiger charge is -2.22. The maximum Gasteiger partial charge on any atom is 0.0940 e. The van der Waals surface area contributed by atoms with E-state index < -0.39 is 0 Å². The summed E-state index contributed by atoms with van der Waals surface area (Å²) in [5.74, 6) is 0. The summed E-state index contributed by atoms with van der Waals surface area (Å²) in [7, 11) is 0. The fourth-order valence-electron chi connectivity index (χ4n) is 2.51. The molecule has 4 nitrogen and oxygen atoms in total. The van der Waals surface area contributed by atoms with E-state index in [2.05, 4.69) is 42.5 Å². The Labute approximate surface area is 126 Å². The molecule has 0 aromatic carbocycles. The van der Waals surface area contributed by atoms with Gasteiger partial charge in [0.05, 0.1) is 18.3 Å². The Balaban J connectivity index is 2.05. The van der Waals surface area contributed by atoms with E-state index >= 15 is 0 Å². The van der Waals surface area contributed by atoms with Crippen LogP contribution in [0, 0.1) is 11.3 Å². The molecule has 0 amide bonds. The van der Waals surface area contributed by atoms with Gasteiger partial charge in [-0.3, -0.25) is 4.68 Å². The van der Waals surface area contributed by atoms with Gasteiger partial charge in [0, 0.05) is 30.5 Å². The first-order valence-corrected chi connectivity index (χ1v) is 7.48. The van der Waals surface area contributed by atoms with Crippen molar-refractivity contribution < 1.29 is 4.74 Å². The van der Waals surface area contributed by atoms with E-state index in [-0.39, 0.29) is 0 Å². The average Bonchev–Trinajstić information content (AvgIpc) is 3.02. The van der Waals surface area contributed by atoms with Crippen molar-refractivity contribution in [2.75, 3.05) is 13.2 Å². The number of nitriles is 1. The molecule has 1 aliphatic heterocycles. The van der Waals surface area contributed by atoms with Crippen molar-refractivity contribution in [1.29, 1.82) is 5.26 Å². The molecule has 0 atom stereocenters. The summed E-state index contributed by atoms with van der Waals surface area (Å²) in [6.07, 6.45) is 7.74. The Hall–Kier alpha value is -1.86. The van der Waals surface area contributed by atoms with Crippen LogP contribution in [0.5, 0.6) is 0 Å². The second-order valence-electron chi connectivity index (χ2n) is 5.67. The first-order valence-electron chi connectivity index (χ1n) is 7.48. The maximum absolute atomic E-state index is 8.76. The number of ether oxygens (including phenoxy) is 1. The highest BCUT2D eigenvalue weighted by molar-refractivity contribution is 5.65. The van der Waals surface area contributed by atoms with Crippen molar-refractivity contribution in [3.05, 3.63) is 35.7 Å². The van der Waals surface area contributed by atoms with Gasteiger partial charge in [-0.25, -0.2) is 0 Å². The monoisotopic (exact) mass is 285 g/mol. The molecular formula is C17H23N3O. The van der Waals surface area contributed by atoms with Crippen molar-refractivity contribution in [1.82, 2.24) is 9.78 Å². The molecule has 0 unspecified atom stereocenters. The van der Waals surface area contributed by atoms with Gasteiger partial charge in [0.25, 0.3) is 0 Å². The van der Waals surface area contributed by atoms with Crippen LogP contribution in [0.2, 0.25) is 0 Å². The lowest BCUT2D eigenvalue weighted by molar-refractivity contribution is 0.0662. The minimum absolute atomic E-state index is 0.457. The normalized spacial score (nSPS) is 17.2. The summed E-state index contributed by atoms with van der Waals surface area (Å²) in [5.41, 5.74) is 4.35. The van der Waals surface area contributed by atoms with Crippen molar-refractivity contribution >= 4 is 5.57 Å². The summed E-state index contributed by atoms with van der Waals surface area (Å²) in [5, 5.41) is 13.3. The van der Waals surface area contributed by atoms with E-state index in [0.717, 1.165) is 38.9 Å². The molecule has 0 N–H and O–H groups in total. The molecule has 1 aliphatic rings. The van der Waals surface area contributed by atoms with E-state index in [1.54, 1.807) is 0 Å². The van der Waals surface area contributed by atoms with Gasteiger partial charge in [0.15, 0.2) is 0 Å². The SMILES string of the molecule is C=C(C#N)CC/C(C)=C(/C)c1cnn(C2CCOCC2)c1. The van der Waals surface area contributed by atoms with Crippen molar-refractivity contribution in [2.24, 2.45) is 0 Å². The molecule has 1 aromatic rings. The number of aromatic nitrogens is 2. The van der Waals surface area contributed by atoms with Gasteiger partial charge in [0.2, 0.25) is 0 Å². The number of hydrogen-bond donors (Lipinski definition) is 0. The molecule has 112 valence electrons. The molecule has 1 aromatic heterocycles. The lowest BCUT2D eigenvalue weighted by Crippen LogP contribution is -2.19. The first kappa shape index (κ1) is 15.5. The molecule has 0 radical (unpaired) electrons. The quantitative estimate of drug-likeness (QED) is 0.771. The molecule has 0 aliphatic carbocycles. The molecule has 2 rings (SSSR count). The van der Waals surface area contributed by atoms with Crippen LogP contribution in [0.25, 0.3) is 5.57 Å². The number of hydrogen-bond acceptors (Lipinski definition) is 3. The van der Waals surface area contributed by atoms with Crippen LogP contribution >= 0.6 is 0 Å². The summed E-state index contributed by atoms with van der Waals surface area (Å²) in [6, 6.07) is 2.56. The van der Waals surface area contributed by atoms with Gasteiger partial charge in [-0.15, -0.1) is 0 Å². The fraction of sp³-hybridized carbons (Fsp3) is 0.529. The molecule has 1 saturated heterocycles. The molecular weight excluding hydrogens is 262 g/mol. The maximum atomic E-state index is 8.76. The smallest absolute Gasteiger partial charge is 0.0940 e. The highest BCUT2D eigenvalue weighted by Crippen LogP contribution is 2.25. The summed E-state index contributed by atoms with van der Waals surface area (Å²) < 4.78 is 7.47. The second kappa shape index (κ2) is 7.24. The largest absolute Gasteiger partial charge is 0.381 e. The highest BCUT2D eigenvalue weighted by Gasteiger charge is 2.16. The minimum Gasteiger partial charge on any atom is -0.381 e. The van der Waals surface area contributed by atoms with Crippen molar-refractivity contribution in [3.8, 4) is 6.07 Å².